The molecule has 0 aromatic rings. The lowest BCUT2D eigenvalue weighted by atomic mass is 10.0. The Labute approximate surface area is 168 Å². The SMILES string of the molecule is CCCCCCCCCCCCCCCCCCOP(=O)([O-])OCC[NH2+]C. The van der Waals surface area contributed by atoms with Crippen molar-refractivity contribution >= 4 is 7.82 Å². The van der Waals surface area contributed by atoms with Gasteiger partial charge in [0.15, 0.2) is 0 Å². The maximum absolute atomic E-state index is 11.4. The third-order valence-electron chi connectivity index (χ3n) is 4.90. The quantitative estimate of drug-likeness (QED) is 0.204. The van der Waals surface area contributed by atoms with Gasteiger partial charge in [0.05, 0.1) is 20.2 Å². The molecule has 0 spiro atoms. The fourth-order valence-corrected chi connectivity index (χ4v) is 3.90. The molecule has 0 rings (SSSR count). The van der Waals surface area contributed by atoms with E-state index >= 15 is 0 Å². The van der Waals surface area contributed by atoms with Crippen molar-refractivity contribution in [3.63, 3.8) is 0 Å². The van der Waals surface area contributed by atoms with Crippen molar-refractivity contribution in [2.24, 2.45) is 0 Å². The van der Waals surface area contributed by atoms with E-state index in [1.807, 2.05) is 12.4 Å². The average Bonchev–Trinajstić information content (AvgIpc) is 2.64. The van der Waals surface area contributed by atoms with Crippen LogP contribution in [0.25, 0.3) is 0 Å². The van der Waals surface area contributed by atoms with Gasteiger partial charge >= 0.3 is 0 Å². The predicted molar refractivity (Wildman–Crippen MR) is 112 cm³/mol. The van der Waals surface area contributed by atoms with E-state index in [0.29, 0.717) is 6.54 Å². The summed E-state index contributed by atoms with van der Waals surface area (Å²) in [6.45, 7) is 3.31. The van der Waals surface area contributed by atoms with Crippen molar-refractivity contribution in [2.75, 3.05) is 26.8 Å². The third-order valence-corrected chi connectivity index (χ3v) is 5.90. The molecule has 0 radical (unpaired) electrons. The highest BCUT2D eigenvalue weighted by Crippen LogP contribution is 2.37. The highest BCUT2D eigenvalue weighted by atomic mass is 31.2. The normalized spacial score (nSPS) is 13.7. The first-order valence-electron chi connectivity index (χ1n) is 11.5. The van der Waals surface area contributed by atoms with Gasteiger partial charge in [0, 0.05) is 0 Å². The summed E-state index contributed by atoms with van der Waals surface area (Å²) in [5.41, 5.74) is 0. The first-order valence-corrected chi connectivity index (χ1v) is 13.0. The van der Waals surface area contributed by atoms with Gasteiger partial charge in [0.2, 0.25) is 0 Å². The fourth-order valence-electron chi connectivity index (χ4n) is 3.15. The van der Waals surface area contributed by atoms with Crippen molar-refractivity contribution in [3.8, 4) is 0 Å². The van der Waals surface area contributed by atoms with Crippen LogP contribution in [0.1, 0.15) is 110 Å². The number of phosphoric ester groups is 1. The average molecular weight is 408 g/mol. The van der Waals surface area contributed by atoms with E-state index in [1.165, 1.54) is 83.5 Å². The minimum atomic E-state index is -4.08. The molecular weight excluding hydrogens is 361 g/mol. The largest absolute Gasteiger partial charge is 0.756 e. The van der Waals surface area contributed by atoms with Crippen molar-refractivity contribution in [2.45, 2.75) is 110 Å². The lowest BCUT2D eigenvalue weighted by Gasteiger charge is -2.22. The van der Waals surface area contributed by atoms with E-state index in [-0.39, 0.29) is 13.2 Å². The van der Waals surface area contributed by atoms with Gasteiger partial charge in [-0.2, -0.15) is 0 Å². The zero-order valence-electron chi connectivity index (χ0n) is 18.1. The first kappa shape index (κ1) is 27.1. The van der Waals surface area contributed by atoms with Crippen LogP contribution in [0, 0.1) is 0 Å². The number of hydrogen-bond acceptors (Lipinski definition) is 4. The van der Waals surface area contributed by atoms with Crippen LogP contribution in [0.15, 0.2) is 0 Å². The van der Waals surface area contributed by atoms with Crippen LogP contribution in [0.5, 0.6) is 0 Å². The van der Waals surface area contributed by atoms with Crippen LogP contribution in [-0.2, 0) is 13.6 Å². The Kier molecular flexibility index (Phi) is 20.8. The summed E-state index contributed by atoms with van der Waals surface area (Å²) < 4.78 is 21.0. The highest BCUT2D eigenvalue weighted by Gasteiger charge is 2.08. The van der Waals surface area contributed by atoms with Gasteiger partial charge in [-0.1, -0.05) is 103 Å². The Bertz CT molecular complexity index is 342. The van der Waals surface area contributed by atoms with E-state index in [0.717, 1.165) is 19.3 Å². The molecule has 1 unspecified atom stereocenters. The summed E-state index contributed by atoms with van der Waals surface area (Å²) >= 11 is 0. The van der Waals surface area contributed by atoms with Crippen molar-refractivity contribution in [3.05, 3.63) is 0 Å². The van der Waals surface area contributed by atoms with Gasteiger partial charge in [0.1, 0.15) is 6.61 Å². The zero-order valence-corrected chi connectivity index (χ0v) is 19.0. The monoisotopic (exact) mass is 407 g/mol. The molecule has 0 fully saturated rings. The molecule has 0 bridgehead atoms. The number of nitrogens with two attached hydrogens (primary N) is 1. The molecule has 6 heteroatoms. The minimum Gasteiger partial charge on any atom is -0.756 e. The summed E-state index contributed by atoms with van der Waals surface area (Å²) in [6.07, 6.45) is 20.9. The second kappa shape index (κ2) is 20.8. The first-order chi connectivity index (χ1) is 13.1. The number of hydrogen-bond donors (Lipinski definition) is 1. The second-order valence-corrected chi connectivity index (χ2v) is 9.02. The van der Waals surface area contributed by atoms with E-state index in [4.69, 9.17) is 9.05 Å². The lowest BCUT2D eigenvalue weighted by Crippen LogP contribution is -2.80. The molecule has 1 atom stereocenters. The number of phosphoric acid groups is 1. The van der Waals surface area contributed by atoms with Crippen LogP contribution in [0.4, 0.5) is 0 Å². The number of unbranched alkanes of at least 4 members (excludes halogenated alkanes) is 15. The highest BCUT2D eigenvalue weighted by molar-refractivity contribution is 7.45. The van der Waals surface area contributed by atoms with E-state index in [2.05, 4.69) is 6.92 Å². The van der Waals surface area contributed by atoms with Crippen LogP contribution >= 0.6 is 7.82 Å². The van der Waals surface area contributed by atoms with Gasteiger partial charge in [-0.25, -0.2) is 0 Å². The number of quaternary nitrogens is 1. The van der Waals surface area contributed by atoms with Gasteiger partial charge in [0.25, 0.3) is 7.82 Å². The van der Waals surface area contributed by atoms with Crippen LogP contribution in [-0.4, -0.2) is 26.8 Å². The van der Waals surface area contributed by atoms with Gasteiger partial charge in [-0.3, -0.25) is 4.57 Å². The van der Waals surface area contributed by atoms with Crippen LogP contribution in [0.3, 0.4) is 0 Å². The van der Waals surface area contributed by atoms with Gasteiger partial charge < -0.3 is 19.3 Å². The lowest BCUT2D eigenvalue weighted by molar-refractivity contribution is -0.627. The maximum Gasteiger partial charge on any atom is 0.268 e. The smallest absolute Gasteiger partial charge is 0.268 e. The molecule has 0 saturated heterocycles. The topological polar surface area (TPSA) is 75.2 Å². The predicted octanol–water partition coefficient (Wildman–Crippen LogP) is 4.94. The molecule has 0 aromatic heterocycles. The van der Waals surface area contributed by atoms with E-state index < -0.39 is 7.82 Å². The Morgan fingerprint density at radius 3 is 1.44 bits per heavy atom. The minimum absolute atomic E-state index is 0.177. The Morgan fingerprint density at radius 2 is 1.04 bits per heavy atom. The molecule has 0 aliphatic rings. The number of likely N-dealkylation sites (N-methyl/N-ethyl adjacent to an activating group) is 1. The molecule has 0 aliphatic heterocycles. The van der Waals surface area contributed by atoms with E-state index in [9.17, 15) is 9.46 Å². The molecule has 5 nitrogen and oxygen atoms in total. The molecule has 2 N–H and O–H groups in total. The summed E-state index contributed by atoms with van der Waals surface area (Å²) in [6, 6.07) is 0. The number of rotatable bonds is 22. The van der Waals surface area contributed by atoms with Crippen molar-refractivity contribution in [1.82, 2.24) is 0 Å². The Hall–Kier alpha value is 0.0700. The molecule has 0 aliphatic carbocycles. The van der Waals surface area contributed by atoms with Crippen LogP contribution in [0.2, 0.25) is 0 Å². The second-order valence-electron chi connectivity index (χ2n) is 7.61. The Morgan fingerprint density at radius 1 is 0.667 bits per heavy atom. The molecule has 0 amide bonds. The Balaban J connectivity index is 3.17. The molecule has 0 heterocycles. The standard InChI is InChI=1S/C21H46NO4P/c1-3-4-5-6-7-8-9-10-11-12-13-14-15-16-17-18-20-25-27(23,24)26-21-19-22-2/h22H,3-21H2,1-2H3,(H,23,24). The van der Waals surface area contributed by atoms with Crippen molar-refractivity contribution < 1.29 is 23.8 Å². The summed E-state index contributed by atoms with van der Waals surface area (Å²) in [5, 5.41) is 1.87. The van der Waals surface area contributed by atoms with Crippen molar-refractivity contribution in [1.29, 1.82) is 0 Å². The summed E-state index contributed by atoms with van der Waals surface area (Å²) in [7, 11) is -2.21. The maximum atomic E-state index is 11.4. The fraction of sp³-hybridized carbons (Fsp3) is 1.00. The summed E-state index contributed by atoms with van der Waals surface area (Å²) in [4.78, 5) is 11.4. The molecule has 27 heavy (non-hydrogen) atoms. The molecule has 0 saturated carbocycles. The zero-order chi connectivity index (χ0) is 20.1. The molecular formula is C21H46NO4P. The summed E-state index contributed by atoms with van der Waals surface area (Å²) in [5.74, 6) is 0. The molecule has 164 valence electrons. The molecule has 0 aromatic carbocycles. The van der Waals surface area contributed by atoms with Gasteiger partial charge in [-0.15, -0.1) is 0 Å². The van der Waals surface area contributed by atoms with Crippen LogP contribution < -0.4 is 10.2 Å². The van der Waals surface area contributed by atoms with Gasteiger partial charge in [-0.05, 0) is 6.42 Å². The third kappa shape index (κ3) is 22.2. The van der Waals surface area contributed by atoms with E-state index in [1.54, 1.807) is 0 Å².